The molecule has 1 unspecified atom stereocenters. The lowest BCUT2D eigenvalue weighted by Crippen LogP contribution is -2.45. The third-order valence-corrected chi connectivity index (χ3v) is 3.14. The van der Waals surface area contributed by atoms with Gasteiger partial charge in [-0.3, -0.25) is 4.79 Å². The summed E-state index contributed by atoms with van der Waals surface area (Å²) in [5.74, 6) is 0.623. The SMILES string of the molecule is C[C@H](N)C(=O)N(CC1CCOC1)C1CC1.Cl. The summed E-state index contributed by atoms with van der Waals surface area (Å²) in [5, 5.41) is 0. The van der Waals surface area contributed by atoms with Crippen molar-refractivity contribution in [3.8, 4) is 0 Å². The number of ether oxygens (including phenoxy) is 1. The van der Waals surface area contributed by atoms with Crippen LogP contribution in [0.1, 0.15) is 26.2 Å². The second-order valence-corrected chi connectivity index (χ2v) is 4.74. The van der Waals surface area contributed by atoms with Gasteiger partial charge in [0.05, 0.1) is 12.6 Å². The quantitative estimate of drug-likeness (QED) is 0.800. The Hall–Kier alpha value is -0.320. The van der Waals surface area contributed by atoms with Crippen LogP contribution >= 0.6 is 12.4 Å². The zero-order valence-electron chi connectivity index (χ0n) is 9.72. The highest BCUT2D eigenvalue weighted by molar-refractivity contribution is 5.85. The molecule has 1 heterocycles. The van der Waals surface area contributed by atoms with Gasteiger partial charge >= 0.3 is 0 Å². The predicted octanol–water partition coefficient (Wildman–Crippen LogP) is 0.783. The minimum absolute atomic E-state index is 0. The van der Waals surface area contributed by atoms with Crippen LogP contribution in [0.3, 0.4) is 0 Å². The Morgan fingerprint density at radius 3 is 2.62 bits per heavy atom. The molecule has 0 radical (unpaired) electrons. The third-order valence-electron chi connectivity index (χ3n) is 3.14. The van der Waals surface area contributed by atoms with Crippen LogP contribution in [0.5, 0.6) is 0 Å². The van der Waals surface area contributed by atoms with Crippen molar-refractivity contribution in [2.24, 2.45) is 11.7 Å². The average Bonchev–Trinajstić information content (AvgIpc) is 2.92. The Kier molecular flexibility index (Phi) is 5.02. The first-order valence-corrected chi connectivity index (χ1v) is 5.82. The van der Waals surface area contributed by atoms with E-state index in [1.165, 1.54) is 0 Å². The van der Waals surface area contributed by atoms with Gasteiger partial charge in [-0.1, -0.05) is 0 Å². The van der Waals surface area contributed by atoms with Gasteiger partial charge in [0.15, 0.2) is 0 Å². The number of hydrogen-bond donors (Lipinski definition) is 1. The van der Waals surface area contributed by atoms with Gasteiger partial charge in [0.2, 0.25) is 5.91 Å². The zero-order valence-corrected chi connectivity index (χ0v) is 10.5. The number of nitrogens with zero attached hydrogens (tertiary/aromatic N) is 1. The Labute approximate surface area is 103 Å². The largest absolute Gasteiger partial charge is 0.381 e. The summed E-state index contributed by atoms with van der Waals surface area (Å²) in [5.41, 5.74) is 5.65. The van der Waals surface area contributed by atoms with E-state index < -0.39 is 0 Å². The molecule has 16 heavy (non-hydrogen) atoms. The van der Waals surface area contributed by atoms with Crippen LogP contribution in [0.4, 0.5) is 0 Å². The highest BCUT2D eigenvalue weighted by Gasteiger charge is 2.35. The number of amides is 1. The molecule has 2 N–H and O–H groups in total. The Balaban J connectivity index is 0.00000128. The standard InChI is InChI=1S/C11H20N2O2.ClH/c1-8(12)11(14)13(10-2-3-10)6-9-4-5-15-7-9;/h8-10H,2-7,12H2,1H3;1H/t8-,9?;/m0./s1. The Morgan fingerprint density at radius 1 is 1.50 bits per heavy atom. The van der Waals surface area contributed by atoms with E-state index in [-0.39, 0.29) is 24.4 Å². The fourth-order valence-electron chi connectivity index (χ4n) is 2.07. The van der Waals surface area contributed by atoms with Gasteiger partial charge in [-0.25, -0.2) is 0 Å². The fourth-order valence-corrected chi connectivity index (χ4v) is 2.07. The molecular weight excluding hydrogens is 228 g/mol. The highest BCUT2D eigenvalue weighted by Crippen LogP contribution is 2.29. The fraction of sp³-hybridized carbons (Fsp3) is 0.909. The normalized spacial score (nSPS) is 26.0. The molecule has 2 rings (SSSR count). The van der Waals surface area contributed by atoms with Crippen molar-refractivity contribution >= 4 is 18.3 Å². The van der Waals surface area contributed by atoms with Crippen molar-refractivity contribution in [3.63, 3.8) is 0 Å². The molecule has 2 fully saturated rings. The number of rotatable bonds is 4. The molecule has 0 bridgehead atoms. The second-order valence-electron chi connectivity index (χ2n) is 4.74. The summed E-state index contributed by atoms with van der Waals surface area (Å²) in [6.45, 7) is 4.25. The summed E-state index contributed by atoms with van der Waals surface area (Å²) in [7, 11) is 0. The van der Waals surface area contributed by atoms with E-state index in [2.05, 4.69) is 0 Å². The van der Waals surface area contributed by atoms with Gasteiger partial charge in [-0.05, 0) is 26.2 Å². The second kappa shape index (κ2) is 5.84. The number of carbonyl (C=O) groups is 1. The maximum Gasteiger partial charge on any atom is 0.239 e. The first-order valence-electron chi connectivity index (χ1n) is 5.82. The van der Waals surface area contributed by atoms with Crippen LogP contribution in [0.25, 0.3) is 0 Å². The van der Waals surface area contributed by atoms with Gasteiger partial charge < -0.3 is 15.4 Å². The van der Waals surface area contributed by atoms with Crippen LogP contribution in [-0.4, -0.2) is 42.6 Å². The maximum atomic E-state index is 11.9. The van der Waals surface area contributed by atoms with Gasteiger partial charge in [0.1, 0.15) is 0 Å². The summed E-state index contributed by atoms with van der Waals surface area (Å²) >= 11 is 0. The molecule has 1 aliphatic heterocycles. The van der Waals surface area contributed by atoms with Gasteiger partial charge in [-0.2, -0.15) is 0 Å². The third kappa shape index (κ3) is 3.34. The minimum atomic E-state index is -0.368. The summed E-state index contributed by atoms with van der Waals surface area (Å²) in [4.78, 5) is 13.8. The molecule has 0 aromatic carbocycles. The molecule has 1 amide bonds. The lowest BCUT2D eigenvalue weighted by molar-refractivity contribution is -0.133. The molecule has 0 spiro atoms. The maximum absolute atomic E-state index is 11.9. The van der Waals surface area contributed by atoms with Gasteiger partial charge in [-0.15, -0.1) is 12.4 Å². The van der Waals surface area contributed by atoms with E-state index in [0.717, 1.165) is 39.0 Å². The number of halogens is 1. The molecule has 2 aliphatic rings. The Bertz CT molecular complexity index is 238. The van der Waals surface area contributed by atoms with Crippen LogP contribution in [-0.2, 0) is 9.53 Å². The molecule has 0 aromatic heterocycles. The first kappa shape index (κ1) is 13.7. The van der Waals surface area contributed by atoms with Crippen molar-refractivity contribution in [2.45, 2.75) is 38.3 Å². The lowest BCUT2D eigenvalue weighted by Gasteiger charge is -2.26. The van der Waals surface area contributed by atoms with E-state index >= 15 is 0 Å². The number of carbonyl (C=O) groups excluding carboxylic acids is 1. The molecule has 1 saturated carbocycles. The zero-order chi connectivity index (χ0) is 10.8. The molecule has 1 aliphatic carbocycles. The monoisotopic (exact) mass is 248 g/mol. The van der Waals surface area contributed by atoms with Crippen molar-refractivity contribution in [1.82, 2.24) is 4.90 Å². The van der Waals surface area contributed by atoms with Crippen LogP contribution in [0, 0.1) is 5.92 Å². The summed E-state index contributed by atoms with van der Waals surface area (Å²) in [6.07, 6.45) is 3.37. The molecule has 94 valence electrons. The molecule has 0 aromatic rings. The van der Waals surface area contributed by atoms with Gasteiger partial charge in [0.25, 0.3) is 0 Å². The Morgan fingerprint density at radius 2 is 2.19 bits per heavy atom. The lowest BCUT2D eigenvalue weighted by atomic mass is 10.1. The predicted molar refractivity (Wildman–Crippen MR) is 64.6 cm³/mol. The van der Waals surface area contributed by atoms with Crippen LogP contribution in [0.15, 0.2) is 0 Å². The van der Waals surface area contributed by atoms with Crippen molar-refractivity contribution < 1.29 is 9.53 Å². The molecule has 2 atom stereocenters. The summed E-state index contributed by atoms with van der Waals surface area (Å²) < 4.78 is 5.33. The van der Waals surface area contributed by atoms with E-state index in [0.29, 0.717) is 12.0 Å². The average molecular weight is 249 g/mol. The van der Waals surface area contributed by atoms with Crippen molar-refractivity contribution in [1.29, 1.82) is 0 Å². The molecule has 1 saturated heterocycles. The molecular formula is C11H21ClN2O2. The molecule has 4 nitrogen and oxygen atoms in total. The summed E-state index contributed by atoms with van der Waals surface area (Å²) in [6, 6.07) is 0.0945. The number of nitrogens with two attached hydrogens (primary N) is 1. The highest BCUT2D eigenvalue weighted by atomic mass is 35.5. The van der Waals surface area contributed by atoms with Crippen LogP contribution in [0.2, 0.25) is 0 Å². The van der Waals surface area contributed by atoms with Crippen molar-refractivity contribution in [2.75, 3.05) is 19.8 Å². The van der Waals surface area contributed by atoms with Gasteiger partial charge in [0, 0.05) is 25.1 Å². The van der Waals surface area contributed by atoms with E-state index in [1.807, 2.05) is 4.90 Å². The van der Waals surface area contributed by atoms with E-state index in [9.17, 15) is 4.79 Å². The molecule has 5 heteroatoms. The van der Waals surface area contributed by atoms with Crippen LogP contribution < -0.4 is 5.73 Å². The minimum Gasteiger partial charge on any atom is -0.381 e. The topological polar surface area (TPSA) is 55.6 Å². The van der Waals surface area contributed by atoms with Crippen molar-refractivity contribution in [3.05, 3.63) is 0 Å². The number of hydrogen-bond acceptors (Lipinski definition) is 3. The van der Waals surface area contributed by atoms with E-state index in [4.69, 9.17) is 10.5 Å². The first-order chi connectivity index (χ1) is 7.18. The van der Waals surface area contributed by atoms with E-state index in [1.54, 1.807) is 6.92 Å². The smallest absolute Gasteiger partial charge is 0.239 e.